The van der Waals surface area contributed by atoms with Gasteiger partial charge in [0.2, 0.25) is 0 Å². The number of anilines is 1. The zero-order valence-electron chi connectivity index (χ0n) is 11.4. The molecule has 0 saturated carbocycles. The molecule has 2 aromatic rings. The van der Waals surface area contributed by atoms with E-state index >= 15 is 0 Å². The molecule has 5 nitrogen and oxygen atoms in total. The van der Waals surface area contributed by atoms with Gasteiger partial charge in [-0.05, 0) is 41.8 Å². The highest BCUT2D eigenvalue weighted by atomic mass is 16.3. The molecule has 21 heavy (non-hydrogen) atoms. The third-order valence-electron chi connectivity index (χ3n) is 3.80. The van der Waals surface area contributed by atoms with Gasteiger partial charge in [-0.3, -0.25) is 4.79 Å². The van der Waals surface area contributed by atoms with E-state index in [-0.39, 0.29) is 23.0 Å². The number of carbonyl (C=O) groups is 1. The first kappa shape index (κ1) is 13.3. The molecular weight excluding hydrogens is 268 g/mol. The smallest absolute Gasteiger partial charge is 0.258 e. The molecule has 0 spiro atoms. The number of amides is 1. The lowest BCUT2D eigenvalue weighted by atomic mass is 9.97. The summed E-state index contributed by atoms with van der Waals surface area (Å²) in [7, 11) is 0. The van der Waals surface area contributed by atoms with Crippen molar-refractivity contribution in [1.82, 2.24) is 4.90 Å². The Hall–Kier alpha value is -2.69. The van der Waals surface area contributed by atoms with Crippen molar-refractivity contribution in [2.75, 3.05) is 12.3 Å². The molecule has 0 atom stereocenters. The lowest BCUT2D eigenvalue weighted by Gasteiger charge is -2.29. The van der Waals surface area contributed by atoms with E-state index in [0.29, 0.717) is 19.5 Å². The van der Waals surface area contributed by atoms with Gasteiger partial charge in [0.1, 0.15) is 11.5 Å². The fourth-order valence-electron chi connectivity index (χ4n) is 2.68. The summed E-state index contributed by atoms with van der Waals surface area (Å²) in [5.74, 6) is -0.467. The highest BCUT2D eigenvalue weighted by Crippen LogP contribution is 2.28. The van der Waals surface area contributed by atoms with Crippen molar-refractivity contribution in [2.24, 2.45) is 0 Å². The van der Waals surface area contributed by atoms with Crippen LogP contribution in [0.4, 0.5) is 5.69 Å². The zero-order chi connectivity index (χ0) is 15.0. The van der Waals surface area contributed by atoms with E-state index in [2.05, 4.69) is 0 Å². The number of aromatic hydroxyl groups is 2. The van der Waals surface area contributed by atoms with E-state index < -0.39 is 0 Å². The van der Waals surface area contributed by atoms with Gasteiger partial charge in [0, 0.05) is 18.8 Å². The highest BCUT2D eigenvalue weighted by Gasteiger charge is 2.24. The molecule has 0 saturated heterocycles. The molecule has 108 valence electrons. The van der Waals surface area contributed by atoms with Gasteiger partial charge in [-0.1, -0.05) is 12.1 Å². The molecule has 2 aromatic carbocycles. The highest BCUT2D eigenvalue weighted by molar-refractivity contribution is 5.97. The summed E-state index contributed by atoms with van der Waals surface area (Å²) in [5, 5.41) is 19.3. The number of hydrogen-bond donors (Lipinski definition) is 3. The second kappa shape index (κ2) is 5.01. The van der Waals surface area contributed by atoms with Gasteiger partial charge >= 0.3 is 0 Å². The van der Waals surface area contributed by atoms with Crippen molar-refractivity contribution < 1.29 is 15.0 Å². The van der Waals surface area contributed by atoms with Crippen LogP contribution in [-0.2, 0) is 13.0 Å². The molecule has 1 amide bonds. The third-order valence-corrected chi connectivity index (χ3v) is 3.80. The lowest BCUT2D eigenvalue weighted by Crippen LogP contribution is -2.36. The first-order valence-electron chi connectivity index (χ1n) is 6.74. The number of benzene rings is 2. The number of nitrogens with zero attached hydrogens (tertiary/aromatic N) is 1. The van der Waals surface area contributed by atoms with Crippen molar-refractivity contribution in [3.05, 3.63) is 53.1 Å². The minimum Gasteiger partial charge on any atom is -0.508 e. The second-order valence-electron chi connectivity index (χ2n) is 5.16. The fraction of sp³-hybridized carbons (Fsp3) is 0.188. The standard InChI is InChI=1S/C16H16N2O3/c17-14-3-1-2-10-9-18(7-6-12(10)14)16(21)13-8-11(19)4-5-15(13)20/h1-5,8,19-20H,6-7,9,17H2. The van der Waals surface area contributed by atoms with Crippen LogP contribution in [0.5, 0.6) is 11.5 Å². The van der Waals surface area contributed by atoms with Crippen LogP contribution in [0.3, 0.4) is 0 Å². The normalized spacial score (nSPS) is 13.8. The average Bonchev–Trinajstić information content (AvgIpc) is 2.49. The number of nitrogens with two attached hydrogens (primary N) is 1. The molecule has 0 radical (unpaired) electrons. The molecule has 0 bridgehead atoms. The maximum Gasteiger partial charge on any atom is 0.258 e. The third kappa shape index (κ3) is 2.38. The topological polar surface area (TPSA) is 86.8 Å². The zero-order valence-corrected chi connectivity index (χ0v) is 11.4. The largest absolute Gasteiger partial charge is 0.508 e. The number of phenolic OH excluding ortho intramolecular Hbond substituents is 2. The van der Waals surface area contributed by atoms with E-state index in [1.165, 1.54) is 18.2 Å². The number of fused-ring (bicyclic) bond motifs is 1. The Balaban J connectivity index is 1.89. The van der Waals surface area contributed by atoms with Gasteiger partial charge < -0.3 is 20.8 Å². The average molecular weight is 284 g/mol. The SMILES string of the molecule is Nc1cccc2c1CCN(C(=O)c1cc(O)ccc1O)C2. The van der Waals surface area contributed by atoms with Crippen LogP contribution in [0.15, 0.2) is 36.4 Å². The molecule has 1 heterocycles. The molecule has 1 aliphatic heterocycles. The van der Waals surface area contributed by atoms with E-state index in [9.17, 15) is 15.0 Å². The van der Waals surface area contributed by atoms with Crippen LogP contribution in [0.1, 0.15) is 21.5 Å². The minimum absolute atomic E-state index is 0.0437. The molecule has 0 aliphatic carbocycles. The van der Waals surface area contributed by atoms with Crippen molar-refractivity contribution in [2.45, 2.75) is 13.0 Å². The predicted molar refractivity (Wildman–Crippen MR) is 79.1 cm³/mol. The number of hydrogen-bond acceptors (Lipinski definition) is 4. The van der Waals surface area contributed by atoms with Crippen LogP contribution in [0.2, 0.25) is 0 Å². The van der Waals surface area contributed by atoms with Gasteiger partial charge in [-0.15, -0.1) is 0 Å². The monoisotopic (exact) mass is 284 g/mol. The summed E-state index contributed by atoms with van der Waals surface area (Å²) in [4.78, 5) is 14.1. The summed E-state index contributed by atoms with van der Waals surface area (Å²) < 4.78 is 0. The van der Waals surface area contributed by atoms with Crippen molar-refractivity contribution >= 4 is 11.6 Å². The summed E-state index contributed by atoms with van der Waals surface area (Å²) >= 11 is 0. The summed E-state index contributed by atoms with van der Waals surface area (Å²) in [6, 6.07) is 9.63. The number of nitrogen functional groups attached to an aromatic ring is 1. The van der Waals surface area contributed by atoms with Gasteiger partial charge in [-0.2, -0.15) is 0 Å². The maximum atomic E-state index is 12.5. The molecule has 0 fully saturated rings. The molecule has 5 heteroatoms. The Morgan fingerprint density at radius 3 is 2.81 bits per heavy atom. The van der Waals surface area contributed by atoms with Crippen LogP contribution >= 0.6 is 0 Å². The Morgan fingerprint density at radius 1 is 1.19 bits per heavy atom. The van der Waals surface area contributed by atoms with Crippen LogP contribution in [0.25, 0.3) is 0 Å². The first-order chi connectivity index (χ1) is 10.1. The minimum atomic E-state index is -0.295. The summed E-state index contributed by atoms with van der Waals surface area (Å²) in [5.41, 5.74) is 8.91. The Labute approximate surface area is 122 Å². The summed E-state index contributed by atoms with van der Waals surface area (Å²) in [6.45, 7) is 0.990. The first-order valence-corrected chi connectivity index (χ1v) is 6.74. The number of phenols is 2. The Kier molecular flexibility index (Phi) is 3.17. The Bertz CT molecular complexity index is 713. The van der Waals surface area contributed by atoms with E-state index in [0.717, 1.165) is 16.8 Å². The summed E-state index contributed by atoms with van der Waals surface area (Å²) in [6.07, 6.45) is 0.688. The van der Waals surface area contributed by atoms with Crippen molar-refractivity contribution in [3.8, 4) is 11.5 Å². The fourth-order valence-corrected chi connectivity index (χ4v) is 2.68. The molecule has 1 aliphatic rings. The Morgan fingerprint density at radius 2 is 2.00 bits per heavy atom. The maximum absolute atomic E-state index is 12.5. The molecule has 0 aromatic heterocycles. The number of rotatable bonds is 1. The van der Waals surface area contributed by atoms with E-state index in [4.69, 9.17) is 5.73 Å². The van der Waals surface area contributed by atoms with Crippen LogP contribution in [0, 0.1) is 0 Å². The van der Waals surface area contributed by atoms with Crippen molar-refractivity contribution in [3.63, 3.8) is 0 Å². The molecule has 0 unspecified atom stereocenters. The molecule has 4 N–H and O–H groups in total. The van der Waals surface area contributed by atoms with Crippen LogP contribution in [-0.4, -0.2) is 27.6 Å². The quantitative estimate of drug-likeness (QED) is 0.551. The van der Waals surface area contributed by atoms with Crippen LogP contribution < -0.4 is 5.73 Å². The van der Waals surface area contributed by atoms with Gasteiger partial charge in [0.05, 0.1) is 5.56 Å². The van der Waals surface area contributed by atoms with Gasteiger partial charge in [-0.25, -0.2) is 0 Å². The van der Waals surface area contributed by atoms with Gasteiger partial charge in [0.25, 0.3) is 5.91 Å². The second-order valence-corrected chi connectivity index (χ2v) is 5.16. The number of carbonyl (C=O) groups excluding carboxylic acids is 1. The molecular formula is C16H16N2O3. The predicted octanol–water partition coefficient (Wildman–Crippen LogP) is 1.88. The van der Waals surface area contributed by atoms with Crippen molar-refractivity contribution in [1.29, 1.82) is 0 Å². The van der Waals surface area contributed by atoms with E-state index in [1.807, 2.05) is 18.2 Å². The van der Waals surface area contributed by atoms with Gasteiger partial charge in [0.15, 0.2) is 0 Å². The van der Waals surface area contributed by atoms with E-state index in [1.54, 1.807) is 4.90 Å². The lowest BCUT2D eigenvalue weighted by molar-refractivity contribution is 0.0731. The molecule has 3 rings (SSSR count).